The first-order valence-electron chi connectivity index (χ1n) is 8.36. The van der Waals surface area contributed by atoms with Crippen molar-refractivity contribution in [2.75, 3.05) is 5.32 Å². The standard InChI is InChI=1S/C20H16ClF3N2OS/c1-11-9-18(25-16-6-4-3-5-14(11)16)28-12(2)19(27)26-17-10-13(20(22,23)24)7-8-15(17)21/h3-10,12H,1-2H3,(H,26,27)/t12-/m1/s1. The lowest BCUT2D eigenvalue weighted by Gasteiger charge is -2.15. The van der Waals surface area contributed by atoms with Crippen LogP contribution < -0.4 is 5.32 Å². The van der Waals surface area contributed by atoms with Gasteiger partial charge in [-0.05, 0) is 49.7 Å². The van der Waals surface area contributed by atoms with Crippen molar-refractivity contribution in [3.63, 3.8) is 0 Å². The van der Waals surface area contributed by atoms with E-state index < -0.39 is 22.9 Å². The number of fused-ring (bicyclic) bond motifs is 1. The van der Waals surface area contributed by atoms with Crippen molar-refractivity contribution >= 4 is 45.9 Å². The van der Waals surface area contributed by atoms with Crippen LogP contribution in [0.3, 0.4) is 0 Å². The first-order valence-corrected chi connectivity index (χ1v) is 9.61. The third kappa shape index (κ3) is 4.59. The summed E-state index contributed by atoms with van der Waals surface area (Å²) in [4.78, 5) is 17.0. The molecule has 0 spiro atoms. The van der Waals surface area contributed by atoms with Crippen LogP contribution >= 0.6 is 23.4 Å². The average Bonchev–Trinajstić information content (AvgIpc) is 2.62. The molecule has 1 aromatic heterocycles. The Morgan fingerprint density at radius 1 is 1.18 bits per heavy atom. The number of nitrogens with one attached hydrogen (secondary N) is 1. The highest BCUT2D eigenvalue weighted by Crippen LogP contribution is 2.34. The second-order valence-electron chi connectivity index (χ2n) is 6.24. The van der Waals surface area contributed by atoms with Gasteiger partial charge < -0.3 is 5.32 Å². The maximum atomic E-state index is 12.9. The molecule has 0 bridgehead atoms. The molecule has 0 fully saturated rings. The van der Waals surface area contributed by atoms with Gasteiger partial charge in [0.25, 0.3) is 0 Å². The molecule has 1 N–H and O–H groups in total. The number of pyridine rings is 1. The summed E-state index contributed by atoms with van der Waals surface area (Å²) in [6.45, 7) is 3.62. The van der Waals surface area contributed by atoms with Crippen LogP contribution in [0, 0.1) is 6.92 Å². The van der Waals surface area contributed by atoms with E-state index in [1.54, 1.807) is 6.92 Å². The molecule has 0 unspecified atom stereocenters. The van der Waals surface area contributed by atoms with E-state index in [0.717, 1.165) is 34.7 Å². The molecule has 1 amide bonds. The number of amides is 1. The van der Waals surface area contributed by atoms with Crippen LogP contribution in [-0.2, 0) is 11.0 Å². The second-order valence-corrected chi connectivity index (χ2v) is 8.00. The van der Waals surface area contributed by atoms with E-state index in [4.69, 9.17) is 11.6 Å². The Balaban J connectivity index is 1.77. The molecule has 28 heavy (non-hydrogen) atoms. The van der Waals surface area contributed by atoms with Crippen LogP contribution in [0.4, 0.5) is 18.9 Å². The van der Waals surface area contributed by atoms with Crippen LogP contribution in [-0.4, -0.2) is 16.1 Å². The molecular formula is C20H16ClF3N2OS. The first-order chi connectivity index (χ1) is 13.1. The van der Waals surface area contributed by atoms with Crippen LogP contribution in [0.25, 0.3) is 10.9 Å². The summed E-state index contributed by atoms with van der Waals surface area (Å²) in [5.74, 6) is -0.459. The van der Waals surface area contributed by atoms with Crippen molar-refractivity contribution in [2.45, 2.75) is 30.3 Å². The summed E-state index contributed by atoms with van der Waals surface area (Å²) in [6.07, 6.45) is -4.52. The monoisotopic (exact) mass is 424 g/mol. The number of halogens is 4. The molecule has 3 nitrogen and oxygen atoms in total. The fourth-order valence-electron chi connectivity index (χ4n) is 2.65. The Morgan fingerprint density at radius 2 is 1.89 bits per heavy atom. The molecule has 0 radical (unpaired) electrons. The van der Waals surface area contributed by atoms with Crippen molar-refractivity contribution in [3.05, 3.63) is 64.7 Å². The van der Waals surface area contributed by atoms with E-state index in [9.17, 15) is 18.0 Å². The van der Waals surface area contributed by atoms with Gasteiger partial charge in [0.15, 0.2) is 0 Å². The molecule has 3 rings (SSSR count). The maximum absolute atomic E-state index is 12.9. The number of hydrogen-bond donors (Lipinski definition) is 1. The number of aryl methyl sites for hydroxylation is 1. The molecule has 0 saturated carbocycles. The summed E-state index contributed by atoms with van der Waals surface area (Å²) in [6, 6.07) is 12.4. The predicted octanol–water partition coefficient (Wildman–Crippen LogP) is 6.33. The fraction of sp³-hybridized carbons (Fsp3) is 0.200. The number of para-hydroxylation sites is 1. The molecule has 3 aromatic rings. The minimum Gasteiger partial charge on any atom is -0.324 e. The predicted molar refractivity (Wildman–Crippen MR) is 107 cm³/mol. The Labute approximate surface area is 169 Å². The number of thioether (sulfide) groups is 1. The number of nitrogens with zero attached hydrogens (tertiary/aromatic N) is 1. The number of benzene rings is 2. The van der Waals surface area contributed by atoms with E-state index >= 15 is 0 Å². The molecule has 0 aliphatic carbocycles. The number of anilines is 1. The first kappa shape index (κ1) is 20.5. The number of hydrogen-bond acceptors (Lipinski definition) is 3. The highest BCUT2D eigenvalue weighted by Gasteiger charge is 2.31. The number of aromatic nitrogens is 1. The maximum Gasteiger partial charge on any atom is 0.416 e. The second kappa shape index (κ2) is 8.01. The summed E-state index contributed by atoms with van der Waals surface area (Å²) in [5.41, 5.74) is 0.899. The van der Waals surface area contributed by atoms with Crippen molar-refractivity contribution in [1.29, 1.82) is 0 Å². The molecule has 0 aliphatic heterocycles. The lowest BCUT2D eigenvalue weighted by Crippen LogP contribution is -2.23. The Morgan fingerprint density at radius 3 is 2.61 bits per heavy atom. The van der Waals surface area contributed by atoms with Crippen LogP contribution in [0.2, 0.25) is 5.02 Å². The van der Waals surface area contributed by atoms with Gasteiger partial charge in [-0.15, -0.1) is 0 Å². The number of carbonyl (C=O) groups is 1. The van der Waals surface area contributed by atoms with Crippen molar-refractivity contribution in [2.24, 2.45) is 0 Å². The van der Waals surface area contributed by atoms with Gasteiger partial charge in [-0.2, -0.15) is 13.2 Å². The van der Waals surface area contributed by atoms with Gasteiger partial charge in [0.2, 0.25) is 5.91 Å². The zero-order valence-corrected chi connectivity index (χ0v) is 16.5. The van der Waals surface area contributed by atoms with Gasteiger partial charge in [0, 0.05) is 5.39 Å². The quantitative estimate of drug-likeness (QED) is 0.497. The zero-order valence-electron chi connectivity index (χ0n) is 15.0. The third-order valence-corrected chi connectivity index (χ3v) is 5.47. The molecular weight excluding hydrogens is 409 g/mol. The van der Waals surface area contributed by atoms with E-state index in [1.807, 2.05) is 37.3 Å². The van der Waals surface area contributed by atoms with Gasteiger partial charge >= 0.3 is 6.18 Å². The van der Waals surface area contributed by atoms with Crippen LogP contribution in [0.1, 0.15) is 18.1 Å². The Bertz CT molecular complexity index is 1040. The van der Waals surface area contributed by atoms with Crippen LogP contribution in [0.5, 0.6) is 0 Å². The smallest absolute Gasteiger partial charge is 0.324 e. The third-order valence-electron chi connectivity index (χ3n) is 4.12. The van der Waals surface area contributed by atoms with Gasteiger partial charge in [-0.3, -0.25) is 4.79 Å². The summed E-state index contributed by atoms with van der Waals surface area (Å²) in [7, 11) is 0. The number of carbonyl (C=O) groups excluding carboxylic acids is 1. The highest BCUT2D eigenvalue weighted by molar-refractivity contribution is 8.00. The van der Waals surface area contributed by atoms with E-state index in [1.165, 1.54) is 11.8 Å². The summed E-state index contributed by atoms with van der Waals surface area (Å²) < 4.78 is 38.6. The zero-order chi connectivity index (χ0) is 20.5. The topological polar surface area (TPSA) is 42.0 Å². The van der Waals surface area contributed by atoms with E-state index in [-0.39, 0.29) is 10.7 Å². The number of rotatable bonds is 4. The lowest BCUT2D eigenvalue weighted by molar-refractivity contribution is -0.137. The van der Waals surface area contributed by atoms with E-state index in [2.05, 4.69) is 10.3 Å². The fourth-order valence-corrected chi connectivity index (χ4v) is 3.73. The molecule has 2 aromatic carbocycles. The number of alkyl halides is 3. The molecule has 8 heteroatoms. The van der Waals surface area contributed by atoms with Gasteiger partial charge in [-0.25, -0.2) is 4.98 Å². The molecule has 1 heterocycles. The van der Waals surface area contributed by atoms with Crippen molar-refractivity contribution in [1.82, 2.24) is 4.98 Å². The Kier molecular flexibility index (Phi) is 5.86. The molecule has 146 valence electrons. The molecule has 0 saturated heterocycles. The summed E-state index contributed by atoms with van der Waals surface area (Å²) in [5, 5.41) is 3.62. The Hall–Kier alpha value is -2.25. The lowest BCUT2D eigenvalue weighted by atomic mass is 10.1. The van der Waals surface area contributed by atoms with Gasteiger partial charge in [0.1, 0.15) is 0 Å². The average molecular weight is 425 g/mol. The van der Waals surface area contributed by atoms with Gasteiger partial charge in [-0.1, -0.05) is 41.6 Å². The van der Waals surface area contributed by atoms with Crippen molar-refractivity contribution in [3.8, 4) is 0 Å². The normalized spacial score (nSPS) is 12.8. The summed E-state index contributed by atoms with van der Waals surface area (Å²) >= 11 is 7.17. The van der Waals surface area contributed by atoms with Gasteiger partial charge in [0.05, 0.1) is 32.1 Å². The molecule has 1 atom stereocenters. The largest absolute Gasteiger partial charge is 0.416 e. The van der Waals surface area contributed by atoms with E-state index in [0.29, 0.717) is 5.03 Å². The van der Waals surface area contributed by atoms with Crippen molar-refractivity contribution < 1.29 is 18.0 Å². The highest BCUT2D eigenvalue weighted by atomic mass is 35.5. The minimum atomic E-state index is -4.52. The van der Waals surface area contributed by atoms with Crippen LogP contribution in [0.15, 0.2) is 53.6 Å². The SMILES string of the molecule is Cc1cc(S[C@H](C)C(=O)Nc2cc(C(F)(F)F)ccc2Cl)nc2ccccc12. The molecule has 0 aliphatic rings. The minimum absolute atomic E-state index is 0.0400.